The molecule has 122 valence electrons. The minimum Gasteiger partial charge on any atom is -0.492 e. The topological polar surface area (TPSA) is 50.4 Å². The molecule has 0 spiro atoms. The minimum atomic E-state index is -4.35. The van der Waals surface area contributed by atoms with Crippen molar-refractivity contribution in [3.8, 4) is 5.75 Å². The Labute approximate surface area is 127 Å². The zero-order valence-electron chi connectivity index (χ0n) is 12.1. The van der Waals surface area contributed by atoms with Crippen LogP contribution in [0.5, 0.6) is 5.75 Å². The van der Waals surface area contributed by atoms with E-state index in [9.17, 15) is 18.0 Å². The molecule has 1 atom stereocenters. The largest absolute Gasteiger partial charge is 0.492 e. The van der Waals surface area contributed by atoms with E-state index in [-0.39, 0.29) is 18.6 Å². The molecule has 1 aliphatic heterocycles. The van der Waals surface area contributed by atoms with Crippen molar-refractivity contribution in [3.05, 3.63) is 29.8 Å². The lowest BCUT2D eigenvalue weighted by molar-refractivity contribution is -0.137. The van der Waals surface area contributed by atoms with Gasteiger partial charge in [-0.2, -0.15) is 13.2 Å². The van der Waals surface area contributed by atoms with Gasteiger partial charge in [0.1, 0.15) is 12.4 Å². The van der Waals surface area contributed by atoms with Gasteiger partial charge in [-0.25, -0.2) is 0 Å². The quantitative estimate of drug-likeness (QED) is 0.820. The number of piperidine rings is 1. The van der Waals surface area contributed by atoms with Crippen molar-refractivity contribution in [2.75, 3.05) is 19.7 Å². The second kappa shape index (κ2) is 7.49. The SMILES string of the molecule is O=C(NCCOc1ccc(C(F)(F)F)cc1)C1CCCCN1. The minimum absolute atomic E-state index is 0.0595. The Bertz CT molecular complexity index is 483. The molecule has 0 aromatic heterocycles. The normalized spacial score (nSPS) is 18.8. The molecular weight excluding hydrogens is 297 g/mol. The van der Waals surface area contributed by atoms with E-state index < -0.39 is 11.7 Å². The number of benzene rings is 1. The van der Waals surface area contributed by atoms with Gasteiger partial charge < -0.3 is 15.4 Å². The third kappa shape index (κ3) is 4.91. The van der Waals surface area contributed by atoms with Gasteiger partial charge in [0, 0.05) is 0 Å². The van der Waals surface area contributed by atoms with Crippen LogP contribution >= 0.6 is 0 Å². The molecule has 0 radical (unpaired) electrons. The molecule has 2 N–H and O–H groups in total. The van der Waals surface area contributed by atoms with Crippen LogP contribution in [0.2, 0.25) is 0 Å². The van der Waals surface area contributed by atoms with Crippen LogP contribution in [0, 0.1) is 0 Å². The summed E-state index contributed by atoms with van der Waals surface area (Å²) in [6.07, 6.45) is -1.40. The van der Waals surface area contributed by atoms with Gasteiger partial charge in [0.25, 0.3) is 0 Å². The number of ether oxygens (including phenoxy) is 1. The van der Waals surface area contributed by atoms with Crippen LogP contribution in [0.15, 0.2) is 24.3 Å². The zero-order chi connectivity index (χ0) is 16.0. The number of hydrogen-bond acceptors (Lipinski definition) is 3. The van der Waals surface area contributed by atoms with Crippen LogP contribution in [-0.2, 0) is 11.0 Å². The van der Waals surface area contributed by atoms with Gasteiger partial charge in [-0.05, 0) is 43.7 Å². The summed E-state index contributed by atoms with van der Waals surface area (Å²) in [6.45, 7) is 1.38. The number of amides is 1. The van der Waals surface area contributed by atoms with Crippen LogP contribution in [0.25, 0.3) is 0 Å². The summed E-state index contributed by atoms with van der Waals surface area (Å²) >= 11 is 0. The Morgan fingerprint density at radius 3 is 2.59 bits per heavy atom. The van der Waals surface area contributed by atoms with Crippen molar-refractivity contribution in [2.24, 2.45) is 0 Å². The highest BCUT2D eigenvalue weighted by molar-refractivity contribution is 5.81. The molecule has 0 saturated carbocycles. The fraction of sp³-hybridized carbons (Fsp3) is 0.533. The molecule has 1 unspecified atom stereocenters. The van der Waals surface area contributed by atoms with Crippen molar-refractivity contribution in [1.29, 1.82) is 0 Å². The van der Waals surface area contributed by atoms with E-state index in [0.29, 0.717) is 12.3 Å². The fourth-order valence-electron chi connectivity index (χ4n) is 2.28. The average molecular weight is 316 g/mol. The first-order valence-electron chi connectivity index (χ1n) is 7.28. The van der Waals surface area contributed by atoms with Crippen molar-refractivity contribution >= 4 is 5.91 Å². The van der Waals surface area contributed by atoms with Gasteiger partial charge in [-0.15, -0.1) is 0 Å². The number of rotatable bonds is 5. The van der Waals surface area contributed by atoms with Gasteiger partial charge in [-0.3, -0.25) is 4.79 Å². The number of hydrogen-bond donors (Lipinski definition) is 2. The number of halogens is 3. The maximum atomic E-state index is 12.4. The summed E-state index contributed by atoms with van der Waals surface area (Å²) in [4.78, 5) is 11.8. The van der Waals surface area contributed by atoms with Crippen LogP contribution in [0.3, 0.4) is 0 Å². The van der Waals surface area contributed by atoms with Gasteiger partial charge in [0.2, 0.25) is 5.91 Å². The lowest BCUT2D eigenvalue weighted by Gasteiger charge is -2.22. The summed E-state index contributed by atoms with van der Waals surface area (Å²) in [5.41, 5.74) is -0.712. The van der Waals surface area contributed by atoms with E-state index in [4.69, 9.17) is 4.74 Å². The highest BCUT2D eigenvalue weighted by atomic mass is 19.4. The molecule has 1 saturated heterocycles. The van der Waals surface area contributed by atoms with E-state index in [1.807, 2.05) is 0 Å². The predicted octanol–water partition coefficient (Wildman–Crippen LogP) is 2.34. The molecule has 0 bridgehead atoms. The summed E-state index contributed by atoms with van der Waals surface area (Å²) in [5, 5.41) is 5.89. The first kappa shape index (κ1) is 16.6. The molecule has 2 rings (SSSR count). The maximum Gasteiger partial charge on any atom is 0.416 e. The highest BCUT2D eigenvalue weighted by Gasteiger charge is 2.30. The maximum absolute atomic E-state index is 12.4. The fourth-order valence-corrected chi connectivity index (χ4v) is 2.28. The molecule has 7 heteroatoms. The Hall–Kier alpha value is -1.76. The first-order valence-corrected chi connectivity index (χ1v) is 7.28. The van der Waals surface area contributed by atoms with E-state index >= 15 is 0 Å². The Morgan fingerprint density at radius 1 is 1.27 bits per heavy atom. The summed E-state index contributed by atoms with van der Waals surface area (Å²) in [7, 11) is 0. The lowest BCUT2D eigenvalue weighted by Crippen LogP contribution is -2.47. The third-order valence-corrected chi connectivity index (χ3v) is 3.48. The highest BCUT2D eigenvalue weighted by Crippen LogP contribution is 2.30. The standard InChI is InChI=1S/C15H19F3N2O2/c16-15(17,18)11-4-6-12(7-5-11)22-10-9-20-14(21)13-3-1-2-8-19-13/h4-7,13,19H,1-3,8-10H2,(H,20,21). The molecule has 1 fully saturated rings. The zero-order valence-corrected chi connectivity index (χ0v) is 12.1. The number of alkyl halides is 3. The predicted molar refractivity (Wildman–Crippen MR) is 75.6 cm³/mol. The van der Waals surface area contributed by atoms with Gasteiger partial charge in [-0.1, -0.05) is 6.42 Å². The Morgan fingerprint density at radius 2 is 2.00 bits per heavy atom. The molecule has 1 aliphatic rings. The molecule has 1 heterocycles. The number of carbonyl (C=O) groups excluding carboxylic acids is 1. The van der Waals surface area contributed by atoms with Gasteiger partial charge in [0.05, 0.1) is 18.2 Å². The molecular formula is C15H19F3N2O2. The van der Waals surface area contributed by atoms with E-state index in [1.165, 1.54) is 12.1 Å². The van der Waals surface area contributed by atoms with E-state index in [1.54, 1.807) is 0 Å². The van der Waals surface area contributed by atoms with Crippen LogP contribution in [0.4, 0.5) is 13.2 Å². The lowest BCUT2D eigenvalue weighted by atomic mass is 10.0. The van der Waals surface area contributed by atoms with E-state index in [0.717, 1.165) is 37.9 Å². The summed E-state index contributed by atoms with van der Waals surface area (Å²) < 4.78 is 42.5. The van der Waals surface area contributed by atoms with Gasteiger partial charge >= 0.3 is 6.18 Å². The Kier molecular flexibility index (Phi) is 5.65. The molecule has 22 heavy (non-hydrogen) atoms. The molecule has 1 aromatic rings. The average Bonchev–Trinajstić information content (AvgIpc) is 2.52. The molecule has 1 amide bonds. The molecule has 1 aromatic carbocycles. The third-order valence-electron chi connectivity index (χ3n) is 3.48. The summed E-state index contributed by atoms with van der Waals surface area (Å²) in [6, 6.07) is 4.33. The van der Waals surface area contributed by atoms with Crippen molar-refractivity contribution in [2.45, 2.75) is 31.5 Å². The molecule has 4 nitrogen and oxygen atoms in total. The van der Waals surface area contributed by atoms with Gasteiger partial charge in [0.15, 0.2) is 0 Å². The second-order valence-electron chi connectivity index (χ2n) is 5.16. The monoisotopic (exact) mass is 316 g/mol. The Balaban J connectivity index is 1.69. The van der Waals surface area contributed by atoms with E-state index in [2.05, 4.69) is 10.6 Å². The van der Waals surface area contributed by atoms with Crippen molar-refractivity contribution in [3.63, 3.8) is 0 Å². The van der Waals surface area contributed by atoms with Crippen LogP contribution in [0.1, 0.15) is 24.8 Å². The van der Waals surface area contributed by atoms with Crippen molar-refractivity contribution < 1.29 is 22.7 Å². The van der Waals surface area contributed by atoms with Crippen LogP contribution in [-0.4, -0.2) is 31.6 Å². The van der Waals surface area contributed by atoms with Crippen molar-refractivity contribution in [1.82, 2.24) is 10.6 Å². The van der Waals surface area contributed by atoms with Crippen LogP contribution < -0.4 is 15.4 Å². The number of nitrogens with one attached hydrogen (secondary N) is 2. The summed E-state index contributed by atoms with van der Waals surface area (Å²) in [5.74, 6) is 0.286. The smallest absolute Gasteiger partial charge is 0.416 e. The first-order chi connectivity index (χ1) is 10.5. The molecule has 0 aliphatic carbocycles. The number of carbonyl (C=O) groups is 1. The second-order valence-corrected chi connectivity index (χ2v) is 5.16.